The molecule has 0 unspecified atom stereocenters. The summed E-state index contributed by atoms with van der Waals surface area (Å²) in [7, 11) is 0. The van der Waals surface area contributed by atoms with Crippen LogP contribution in [0.2, 0.25) is 0 Å². The second-order valence-electron chi connectivity index (χ2n) is 7.42. The maximum absolute atomic E-state index is 13.0. The first-order valence-electron chi connectivity index (χ1n) is 10.0. The molecule has 0 aliphatic heterocycles. The molecule has 0 spiro atoms. The fourth-order valence-electron chi connectivity index (χ4n) is 3.55. The summed E-state index contributed by atoms with van der Waals surface area (Å²) < 4.78 is 6.58. The third kappa shape index (κ3) is 6.32. The van der Waals surface area contributed by atoms with E-state index in [1.807, 2.05) is 54.6 Å². The summed E-state index contributed by atoms with van der Waals surface area (Å²) in [5.74, 6) is 0.300. The van der Waals surface area contributed by atoms with Crippen LogP contribution in [-0.4, -0.2) is 35.4 Å². The lowest BCUT2D eigenvalue weighted by Crippen LogP contribution is -2.50. The number of nitrogens with one attached hydrogen (secondary N) is 1. The minimum Gasteiger partial charge on any atom is -0.484 e. The molecule has 0 heterocycles. The molecular formula is C23H27BrN2O3. The van der Waals surface area contributed by atoms with Crippen molar-refractivity contribution in [1.82, 2.24) is 10.2 Å². The van der Waals surface area contributed by atoms with E-state index in [9.17, 15) is 9.59 Å². The number of hydrogen-bond acceptors (Lipinski definition) is 3. The number of rotatable bonds is 8. The molecule has 1 saturated carbocycles. The Morgan fingerprint density at radius 2 is 1.86 bits per heavy atom. The Kier molecular flexibility index (Phi) is 7.69. The van der Waals surface area contributed by atoms with E-state index in [4.69, 9.17) is 4.74 Å². The Hall–Kier alpha value is -2.34. The van der Waals surface area contributed by atoms with Gasteiger partial charge in [-0.25, -0.2) is 0 Å². The van der Waals surface area contributed by atoms with Gasteiger partial charge in [-0.15, -0.1) is 0 Å². The molecule has 0 saturated heterocycles. The highest BCUT2D eigenvalue weighted by Crippen LogP contribution is 2.19. The number of benzene rings is 2. The van der Waals surface area contributed by atoms with Gasteiger partial charge in [-0.2, -0.15) is 0 Å². The lowest BCUT2D eigenvalue weighted by Gasteiger charge is -2.29. The van der Waals surface area contributed by atoms with Crippen LogP contribution in [0.25, 0.3) is 0 Å². The van der Waals surface area contributed by atoms with Gasteiger partial charge in [-0.05, 0) is 49.6 Å². The summed E-state index contributed by atoms with van der Waals surface area (Å²) in [6, 6.07) is 16.6. The molecule has 3 rings (SSSR count). The van der Waals surface area contributed by atoms with Gasteiger partial charge in [0.05, 0.1) is 0 Å². The zero-order chi connectivity index (χ0) is 20.6. The van der Waals surface area contributed by atoms with E-state index in [2.05, 4.69) is 21.2 Å². The van der Waals surface area contributed by atoms with Crippen LogP contribution >= 0.6 is 15.9 Å². The molecule has 1 aliphatic rings. The van der Waals surface area contributed by atoms with Gasteiger partial charge >= 0.3 is 0 Å². The molecule has 0 bridgehead atoms. The number of ether oxygens (including phenoxy) is 1. The van der Waals surface area contributed by atoms with Gasteiger partial charge in [-0.1, -0.05) is 59.1 Å². The number of para-hydroxylation sites is 1. The van der Waals surface area contributed by atoms with Crippen LogP contribution in [0.1, 0.15) is 38.2 Å². The van der Waals surface area contributed by atoms with Crippen molar-refractivity contribution in [3.63, 3.8) is 0 Å². The van der Waals surface area contributed by atoms with Crippen molar-refractivity contribution in [3.05, 3.63) is 64.6 Å². The lowest BCUT2D eigenvalue weighted by molar-refractivity contribution is -0.142. The maximum atomic E-state index is 13.0. The fraction of sp³-hybridized carbons (Fsp3) is 0.391. The average molecular weight is 459 g/mol. The topological polar surface area (TPSA) is 58.6 Å². The first kappa shape index (κ1) is 21.4. The minimum absolute atomic E-state index is 0.111. The van der Waals surface area contributed by atoms with Gasteiger partial charge in [0.1, 0.15) is 11.8 Å². The fourth-order valence-corrected chi connectivity index (χ4v) is 4.00. The molecule has 0 radical (unpaired) electrons. The third-order valence-corrected chi connectivity index (χ3v) is 5.71. The second-order valence-corrected chi connectivity index (χ2v) is 8.33. The van der Waals surface area contributed by atoms with Gasteiger partial charge in [0.2, 0.25) is 5.91 Å². The number of carbonyl (C=O) groups is 2. The van der Waals surface area contributed by atoms with Crippen LogP contribution in [0.15, 0.2) is 59.1 Å². The van der Waals surface area contributed by atoms with E-state index < -0.39 is 6.04 Å². The quantitative estimate of drug-likeness (QED) is 0.641. The van der Waals surface area contributed by atoms with Crippen LogP contribution < -0.4 is 10.1 Å². The molecule has 154 valence electrons. The van der Waals surface area contributed by atoms with Crippen LogP contribution in [0.4, 0.5) is 0 Å². The largest absolute Gasteiger partial charge is 0.484 e. The summed E-state index contributed by atoms with van der Waals surface area (Å²) in [4.78, 5) is 27.4. The van der Waals surface area contributed by atoms with E-state index in [-0.39, 0.29) is 24.5 Å². The molecule has 1 atom stereocenters. The molecule has 2 amide bonds. The summed E-state index contributed by atoms with van der Waals surface area (Å²) >= 11 is 3.47. The highest BCUT2D eigenvalue weighted by molar-refractivity contribution is 9.10. The summed E-state index contributed by atoms with van der Waals surface area (Å²) in [6.07, 6.45) is 4.31. The predicted molar refractivity (Wildman–Crippen MR) is 116 cm³/mol. The van der Waals surface area contributed by atoms with Crippen molar-refractivity contribution in [2.24, 2.45) is 0 Å². The molecule has 0 aromatic heterocycles. The van der Waals surface area contributed by atoms with Crippen molar-refractivity contribution in [2.75, 3.05) is 6.61 Å². The van der Waals surface area contributed by atoms with Gasteiger partial charge < -0.3 is 15.0 Å². The lowest BCUT2D eigenvalue weighted by atomic mass is 10.1. The van der Waals surface area contributed by atoms with Gasteiger partial charge in [-0.3, -0.25) is 9.59 Å². The standard InChI is InChI=1S/C23H27BrN2O3/c1-17(23(28)25-20-10-5-6-11-20)26(15-18-8-7-9-19(24)14-18)22(27)16-29-21-12-3-2-4-13-21/h2-4,7-9,12-14,17,20H,5-6,10-11,15-16H2,1H3,(H,25,28)/t17-/m0/s1. The molecule has 1 aliphatic carbocycles. The molecule has 1 fully saturated rings. The predicted octanol–water partition coefficient (Wildman–Crippen LogP) is 4.30. The molecule has 6 heteroatoms. The summed E-state index contributed by atoms with van der Waals surface area (Å²) in [5, 5.41) is 3.10. The smallest absolute Gasteiger partial charge is 0.261 e. The number of nitrogens with zero attached hydrogens (tertiary/aromatic N) is 1. The molecule has 2 aromatic carbocycles. The van der Waals surface area contributed by atoms with Gasteiger partial charge in [0.25, 0.3) is 5.91 Å². The van der Waals surface area contributed by atoms with Crippen LogP contribution in [0.3, 0.4) is 0 Å². The molecule has 1 N–H and O–H groups in total. The Balaban J connectivity index is 1.70. The van der Waals surface area contributed by atoms with Crippen molar-refractivity contribution in [3.8, 4) is 5.75 Å². The molecular weight excluding hydrogens is 432 g/mol. The second kappa shape index (κ2) is 10.4. The zero-order valence-electron chi connectivity index (χ0n) is 16.6. The van der Waals surface area contributed by atoms with Crippen molar-refractivity contribution in [1.29, 1.82) is 0 Å². The van der Waals surface area contributed by atoms with E-state index >= 15 is 0 Å². The molecule has 5 nitrogen and oxygen atoms in total. The van der Waals surface area contributed by atoms with Crippen molar-refractivity contribution >= 4 is 27.7 Å². The average Bonchev–Trinajstić information content (AvgIpc) is 3.23. The monoisotopic (exact) mass is 458 g/mol. The first-order valence-corrected chi connectivity index (χ1v) is 10.8. The Morgan fingerprint density at radius 1 is 1.14 bits per heavy atom. The maximum Gasteiger partial charge on any atom is 0.261 e. The van der Waals surface area contributed by atoms with E-state index in [0.29, 0.717) is 12.3 Å². The SMILES string of the molecule is C[C@@H](C(=O)NC1CCCC1)N(Cc1cccc(Br)c1)C(=O)COc1ccccc1. The van der Waals surface area contributed by atoms with Crippen LogP contribution in [0.5, 0.6) is 5.75 Å². The molecule has 2 aromatic rings. The molecule has 29 heavy (non-hydrogen) atoms. The number of amides is 2. The minimum atomic E-state index is -0.582. The number of halogens is 1. The Morgan fingerprint density at radius 3 is 2.55 bits per heavy atom. The normalized spacial score (nSPS) is 15.0. The van der Waals surface area contributed by atoms with Crippen LogP contribution in [0, 0.1) is 0 Å². The Labute approximate surface area is 180 Å². The van der Waals surface area contributed by atoms with E-state index in [1.54, 1.807) is 11.8 Å². The zero-order valence-corrected chi connectivity index (χ0v) is 18.2. The van der Waals surface area contributed by atoms with E-state index in [1.165, 1.54) is 0 Å². The Bertz CT molecular complexity index is 822. The van der Waals surface area contributed by atoms with Gasteiger partial charge in [0.15, 0.2) is 6.61 Å². The van der Waals surface area contributed by atoms with Crippen molar-refractivity contribution in [2.45, 2.75) is 51.2 Å². The highest BCUT2D eigenvalue weighted by atomic mass is 79.9. The first-order chi connectivity index (χ1) is 14.0. The van der Waals surface area contributed by atoms with Crippen LogP contribution in [-0.2, 0) is 16.1 Å². The number of carbonyl (C=O) groups excluding carboxylic acids is 2. The summed E-state index contributed by atoms with van der Waals surface area (Å²) in [6.45, 7) is 2.01. The highest BCUT2D eigenvalue weighted by Gasteiger charge is 2.28. The van der Waals surface area contributed by atoms with E-state index in [0.717, 1.165) is 35.7 Å². The number of hydrogen-bond donors (Lipinski definition) is 1. The third-order valence-electron chi connectivity index (χ3n) is 5.22. The van der Waals surface area contributed by atoms with Gasteiger partial charge in [0, 0.05) is 17.1 Å². The summed E-state index contributed by atoms with van der Waals surface area (Å²) in [5.41, 5.74) is 0.952. The van der Waals surface area contributed by atoms with Crippen molar-refractivity contribution < 1.29 is 14.3 Å².